The highest BCUT2D eigenvalue weighted by Gasteiger charge is 2.08. The molecule has 23 heavy (non-hydrogen) atoms. The van der Waals surface area contributed by atoms with Crippen molar-refractivity contribution in [2.75, 3.05) is 13.7 Å². The predicted molar refractivity (Wildman–Crippen MR) is 88.8 cm³/mol. The van der Waals surface area contributed by atoms with Crippen LogP contribution in [0.1, 0.15) is 15.9 Å². The largest absolute Gasteiger partial charge is 0.497 e. The molecule has 0 aliphatic heterocycles. The maximum atomic E-state index is 11.9. The fraction of sp³-hybridized carbons (Fsp3) is 0.111. The number of carbonyl (C=O) groups excluding carboxylic acids is 2. The van der Waals surface area contributed by atoms with Crippen LogP contribution in [0.4, 0.5) is 0 Å². The minimum atomic E-state index is -0.588. The third kappa shape index (κ3) is 5.27. The first kappa shape index (κ1) is 16.8. The Hall–Kier alpha value is -2.59. The summed E-state index contributed by atoms with van der Waals surface area (Å²) >= 11 is 5.75. The molecule has 5 heteroatoms. The van der Waals surface area contributed by atoms with Gasteiger partial charge in [0.25, 0.3) is 0 Å². The second kappa shape index (κ2) is 8.15. The second-order valence-electron chi connectivity index (χ2n) is 4.65. The maximum Gasteiger partial charge on any atom is 0.331 e. The topological polar surface area (TPSA) is 52.6 Å². The Morgan fingerprint density at radius 3 is 2.57 bits per heavy atom. The molecule has 0 spiro atoms. The summed E-state index contributed by atoms with van der Waals surface area (Å²) in [4.78, 5) is 23.5. The number of esters is 1. The standard InChI is InChI=1S/C18H15ClO4/c1-22-16-4-2-3-13(11-16)5-10-18(21)23-12-17(20)14-6-8-15(19)9-7-14/h2-11H,12H2,1H3/b10-5+. The van der Waals surface area contributed by atoms with Crippen molar-refractivity contribution in [3.63, 3.8) is 0 Å². The van der Waals surface area contributed by atoms with Gasteiger partial charge in [-0.25, -0.2) is 4.79 Å². The number of ether oxygens (including phenoxy) is 2. The molecule has 118 valence electrons. The van der Waals surface area contributed by atoms with Gasteiger partial charge in [-0.1, -0.05) is 23.7 Å². The van der Waals surface area contributed by atoms with Gasteiger partial charge in [0.2, 0.25) is 0 Å². The lowest BCUT2D eigenvalue weighted by atomic mass is 10.1. The number of rotatable bonds is 6. The lowest BCUT2D eigenvalue weighted by molar-refractivity contribution is -0.136. The highest BCUT2D eigenvalue weighted by molar-refractivity contribution is 6.30. The molecule has 2 aromatic carbocycles. The van der Waals surface area contributed by atoms with E-state index in [2.05, 4.69) is 0 Å². The molecule has 4 nitrogen and oxygen atoms in total. The lowest BCUT2D eigenvalue weighted by Crippen LogP contribution is -2.12. The number of halogens is 1. The molecule has 2 rings (SSSR count). The van der Waals surface area contributed by atoms with Crippen molar-refractivity contribution >= 4 is 29.4 Å². The minimum absolute atomic E-state index is 0.287. The molecule has 0 aliphatic rings. The van der Waals surface area contributed by atoms with E-state index in [-0.39, 0.29) is 12.4 Å². The highest BCUT2D eigenvalue weighted by Crippen LogP contribution is 2.14. The van der Waals surface area contributed by atoms with Crippen molar-refractivity contribution in [1.29, 1.82) is 0 Å². The van der Waals surface area contributed by atoms with Crippen molar-refractivity contribution < 1.29 is 19.1 Å². The van der Waals surface area contributed by atoms with E-state index in [9.17, 15) is 9.59 Å². The molecule has 0 saturated heterocycles. The number of methoxy groups -OCH3 is 1. The Morgan fingerprint density at radius 2 is 1.87 bits per heavy atom. The third-order valence-corrected chi connectivity index (χ3v) is 3.27. The summed E-state index contributed by atoms with van der Waals surface area (Å²) in [6.45, 7) is -0.317. The number of carbonyl (C=O) groups is 2. The monoisotopic (exact) mass is 330 g/mol. The number of hydrogen-bond donors (Lipinski definition) is 0. The molecule has 2 aromatic rings. The van der Waals surface area contributed by atoms with Crippen LogP contribution in [0.2, 0.25) is 5.02 Å². The summed E-state index contributed by atoms with van der Waals surface area (Å²) in [7, 11) is 1.57. The summed E-state index contributed by atoms with van der Waals surface area (Å²) in [5.74, 6) is -0.182. The van der Waals surface area contributed by atoms with E-state index in [1.54, 1.807) is 49.6 Å². The number of hydrogen-bond acceptors (Lipinski definition) is 4. The average Bonchev–Trinajstić information content (AvgIpc) is 2.58. The number of ketones is 1. The van der Waals surface area contributed by atoms with Crippen LogP contribution in [0.5, 0.6) is 5.75 Å². The van der Waals surface area contributed by atoms with Crippen molar-refractivity contribution in [3.05, 3.63) is 70.8 Å². The Bertz CT molecular complexity index is 720. The van der Waals surface area contributed by atoms with Crippen molar-refractivity contribution in [2.24, 2.45) is 0 Å². The molecule has 0 heterocycles. The second-order valence-corrected chi connectivity index (χ2v) is 5.08. The zero-order valence-corrected chi connectivity index (χ0v) is 13.2. The summed E-state index contributed by atoms with van der Waals surface area (Å²) in [5.41, 5.74) is 1.24. The summed E-state index contributed by atoms with van der Waals surface area (Å²) in [6, 6.07) is 13.6. The van der Waals surface area contributed by atoms with Gasteiger partial charge in [0.1, 0.15) is 5.75 Å². The van der Waals surface area contributed by atoms with Crippen LogP contribution in [0.25, 0.3) is 6.08 Å². The molecule has 0 N–H and O–H groups in total. The summed E-state index contributed by atoms with van der Waals surface area (Å²) in [6.07, 6.45) is 2.86. The smallest absolute Gasteiger partial charge is 0.331 e. The zero-order valence-electron chi connectivity index (χ0n) is 12.5. The van der Waals surface area contributed by atoms with E-state index in [0.29, 0.717) is 16.3 Å². The van der Waals surface area contributed by atoms with E-state index < -0.39 is 5.97 Å². The summed E-state index contributed by atoms with van der Waals surface area (Å²) in [5, 5.41) is 0.541. The molecule has 0 bridgehead atoms. The molecule has 0 atom stereocenters. The molecule has 0 fully saturated rings. The molecule has 0 aliphatic carbocycles. The van der Waals surface area contributed by atoms with Gasteiger partial charge in [0, 0.05) is 16.7 Å². The first-order valence-corrected chi connectivity index (χ1v) is 7.24. The van der Waals surface area contributed by atoms with Crippen LogP contribution >= 0.6 is 11.6 Å². The fourth-order valence-corrected chi connectivity index (χ4v) is 1.94. The maximum absolute atomic E-state index is 11.9. The van der Waals surface area contributed by atoms with Gasteiger partial charge in [0.05, 0.1) is 7.11 Å². The van der Waals surface area contributed by atoms with Crippen LogP contribution in [-0.4, -0.2) is 25.5 Å². The molecule has 0 amide bonds. The fourth-order valence-electron chi connectivity index (χ4n) is 1.81. The number of benzene rings is 2. The van der Waals surface area contributed by atoms with E-state index in [1.165, 1.54) is 6.08 Å². The molecular weight excluding hydrogens is 316 g/mol. The Morgan fingerprint density at radius 1 is 1.13 bits per heavy atom. The van der Waals surface area contributed by atoms with Gasteiger partial charge in [-0.15, -0.1) is 0 Å². The molecule has 0 radical (unpaired) electrons. The van der Waals surface area contributed by atoms with Crippen molar-refractivity contribution in [1.82, 2.24) is 0 Å². The first-order valence-electron chi connectivity index (χ1n) is 6.86. The van der Waals surface area contributed by atoms with E-state index >= 15 is 0 Å². The van der Waals surface area contributed by atoms with E-state index in [0.717, 1.165) is 5.56 Å². The Labute approximate surface area is 139 Å². The van der Waals surface area contributed by atoms with Crippen LogP contribution in [-0.2, 0) is 9.53 Å². The van der Waals surface area contributed by atoms with E-state index in [4.69, 9.17) is 21.1 Å². The van der Waals surface area contributed by atoms with Crippen molar-refractivity contribution in [3.8, 4) is 5.75 Å². The molecule has 0 saturated carbocycles. The van der Waals surface area contributed by atoms with Crippen LogP contribution in [0.15, 0.2) is 54.6 Å². The molecular formula is C18H15ClO4. The van der Waals surface area contributed by atoms with Gasteiger partial charge in [-0.3, -0.25) is 4.79 Å². The van der Waals surface area contributed by atoms with Crippen LogP contribution in [0.3, 0.4) is 0 Å². The lowest BCUT2D eigenvalue weighted by Gasteiger charge is -2.02. The van der Waals surface area contributed by atoms with Crippen molar-refractivity contribution in [2.45, 2.75) is 0 Å². The Kier molecular flexibility index (Phi) is 5.94. The van der Waals surface area contributed by atoms with Gasteiger partial charge in [-0.05, 0) is 48.0 Å². The normalized spacial score (nSPS) is 10.5. The average molecular weight is 331 g/mol. The molecule has 0 aromatic heterocycles. The highest BCUT2D eigenvalue weighted by atomic mass is 35.5. The van der Waals surface area contributed by atoms with E-state index in [1.807, 2.05) is 12.1 Å². The van der Waals surface area contributed by atoms with Gasteiger partial charge in [-0.2, -0.15) is 0 Å². The Balaban J connectivity index is 1.88. The van der Waals surface area contributed by atoms with Gasteiger partial charge < -0.3 is 9.47 Å². The van der Waals surface area contributed by atoms with Gasteiger partial charge in [0.15, 0.2) is 12.4 Å². The van der Waals surface area contributed by atoms with Crippen LogP contribution in [0, 0.1) is 0 Å². The predicted octanol–water partition coefficient (Wildman–Crippen LogP) is 3.79. The first-order chi connectivity index (χ1) is 11.1. The zero-order chi connectivity index (χ0) is 16.7. The van der Waals surface area contributed by atoms with Gasteiger partial charge >= 0.3 is 5.97 Å². The molecule has 0 unspecified atom stereocenters. The minimum Gasteiger partial charge on any atom is -0.497 e. The SMILES string of the molecule is COc1cccc(/C=C/C(=O)OCC(=O)c2ccc(Cl)cc2)c1. The quantitative estimate of drug-likeness (QED) is 0.459. The number of Topliss-reactive ketones (excluding diaryl/α,β-unsaturated/α-hetero) is 1. The summed E-state index contributed by atoms with van der Waals surface area (Å²) < 4.78 is 10.0. The van der Waals surface area contributed by atoms with Crippen LogP contribution < -0.4 is 4.74 Å². The third-order valence-electron chi connectivity index (χ3n) is 3.02.